The quantitative estimate of drug-likeness (QED) is 0.876. The van der Waals surface area contributed by atoms with Gasteiger partial charge in [-0.1, -0.05) is 38.4 Å². The van der Waals surface area contributed by atoms with Gasteiger partial charge in [-0.15, -0.1) is 0 Å². The Balaban J connectivity index is 2.11. The van der Waals surface area contributed by atoms with Crippen LogP contribution in [0, 0.1) is 11.8 Å². The van der Waals surface area contributed by atoms with E-state index in [0.29, 0.717) is 18.4 Å². The van der Waals surface area contributed by atoms with E-state index >= 15 is 0 Å². The van der Waals surface area contributed by atoms with Crippen molar-refractivity contribution in [2.45, 2.75) is 39.8 Å². The van der Waals surface area contributed by atoms with Crippen molar-refractivity contribution in [2.24, 2.45) is 11.8 Å². The summed E-state index contributed by atoms with van der Waals surface area (Å²) in [5, 5.41) is 14.4. The van der Waals surface area contributed by atoms with Crippen molar-refractivity contribution in [1.82, 2.24) is 5.32 Å². The van der Waals surface area contributed by atoms with Crippen LogP contribution >= 0.6 is 11.6 Å². The number of aliphatic hydroxyl groups excluding tert-OH is 1. The number of hydrogen-bond acceptors (Lipinski definition) is 3. The van der Waals surface area contributed by atoms with Crippen molar-refractivity contribution in [1.29, 1.82) is 0 Å². The smallest absolute Gasteiger partial charge is 0.0741 e. The Labute approximate surface area is 133 Å². The molecule has 2 atom stereocenters. The molecule has 0 radical (unpaired) electrons. The van der Waals surface area contributed by atoms with Gasteiger partial charge < -0.3 is 15.3 Å². The van der Waals surface area contributed by atoms with Gasteiger partial charge in [0.05, 0.1) is 6.10 Å². The minimum Gasteiger partial charge on any atom is -0.391 e. The average molecular weight is 311 g/mol. The van der Waals surface area contributed by atoms with Gasteiger partial charge in [-0.3, -0.25) is 0 Å². The molecule has 1 aliphatic rings. The van der Waals surface area contributed by atoms with Crippen molar-refractivity contribution >= 4 is 17.3 Å². The van der Waals surface area contributed by atoms with Gasteiger partial charge in [-0.2, -0.15) is 0 Å². The number of benzene rings is 1. The summed E-state index contributed by atoms with van der Waals surface area (Å²) in [6.07, 6.45) is 0.765. The second-order valence-electron chi connectivity index (χ2n) is 6.58. The number of rotatable bonds is 5. The fourth-order valence-corrected chi connectivity index (χ4v) is 2.91. The monoisotopic (exact) mass is 310 g/mol. The lowest BCUT2D eigenvalue weighted by Gasteiger charge is -2.37. The Bertz CT molecular complexity index is 464. The molecule has 2 rings (SSSR count). The number of anilines is 1. The van der Waals surface area contributed by atoms with Gasteiger partial charge in [-0.25, -0.2) is 0 Å². The molecule has 0 saturated carbocycles. The number of β-amino-alcohol motifs (C(OH)–C–C–N with tert-alkyl or cyclic N) is 1. The molecule has 0 bridgehead atoms. The second kappa shape index (κ2) is 7.48. The van der Waals surface area contributed by atoms with Gasteiger partial charge >= 0.3 is 0 Å². The van der Waals surface area contributed by atoms with E-state index in [4.69, 9.17) is 11.6 Å². The van der Waals surface area contributed by atoms with E-state index < -0.39 is 0 Å². The van der Waals surface area contributed by atoms with Crippen LogP contribution in [0.25, 0.3) is 0 Å². The number of piperidine rings is 1. The maximum absolute atomic E-state index is 10.1. The zero-order valence-electron chi connectivity index (χ0n) is 13.3. The van der Waals surface area contributed by atoms with Gasteiger partial charge in [0.2, 0.25) is 0 Å². The number of hydrogen-bond donors (Lipinski definition) is 2. The summed E-state index contributed by atoms with van der Waals surface area (Å²) in [5.74, 6) is 1.02. The molecule has 21 heavy (non-hydrogen) atoms. The number of aliphatic hydroxyl groups is 1. The number of nitrogens with one attached hydrogen (secondary N) is 1. The van der Waals surface area contributed by atoms with Crippen LogP contribution in [-0.2, 0) is 6.54 Å². The third kappa shape index (κ3) is 4.60. The van der Waals surface area contributed by atoms with Gasteiger partial charge in [0.15, 0.2) is 0 Å². The standard InChI is InChI=1S/C17H27ClN2O/c1-12(2)9-19-10-14-4-5-15(18)8-16(14)20-7-6-13(3)17(21)11-20/h4-5,8,12-13,17,19,21H,6-7,9-11H2,1-3H3. The summed E-state index contributed by atoms with van der Waals surface area (Å²) in [5.41, 5.74) is 2.41. The summed E-state index contributed by atoms with van der Waals surface area (Å²) in [7, 11) is 0. The summed E-state index contributed by atoms with van der Waals surface area (Å²) >= 11 is 6.18. The summed E-state index contributed by atoms with van der Waals surface area (Å²) < 4.78 is 0. The summed E-state index contributed by atoms with van der Waals surface area (Å²) in [6.45, 7) is 10.0. The lowest BCUT2D eigenvalue weighted by molar-refractivity contribution is 0.103. The molecule has 0 aromatic heterocycles. The summed E-state index contributed by atoms with van der Waals surface area (Å²) in [6, 6.07) is 6.06. The zero-order chi connectivity index (χ0) is 15.4. The molecule has 0 spiro atoms. The first kappa shape index (κ1) is 16.6. The molecule has 4 heteroatoms. The highest BCUT2D eigenvalue weighted by atomic mass is 35.5. The van der Waals surface area contributed by atoms with Crippen LogP contribution in [0.2, 0.25) is 5.02 Å². The van der Waals surface area contributed by atoms with Crippen LogP contribution in [0.4, 0.5) is 5.69 Å². The first-order chi connectivity index (χ1) is 9.97. The SMILES string of the molecule is CC(C)CNCc1ccc(Cl)cc1N1CCC(C)C(O)C1. The van der Waals surface area contributed by atoms with Gasteiger partial charge in [0, 0.05) is 30.3 Å². The van der Waals surface area contributed by atoms with E-state index in [1.54, 1.807) is 0 Å². The number of nitrogens with zero attached hydrogens (tertiary/aromatic N) is 1. The van der Waals surface area contributed by atoms with E-state index in [2.05, 4.69) is 37.1 Å². The van der Waals surface area contributed by atoms with E-state index in [1.165, 1.54) is 5.56 Å². The molecule has 118 valence electrons. The van der Waals surface area contributed by atoms with Crippen LogP contribution in [0.3, 0.4) is 0 Å². The van der Waals surface area contributed by atoms with E-state index in [1.807, 2.05) is 12.1 Å². The second-order valence-corrected chi connectivity index (χ2v) is 7.01. The molecule has 1 aliphatic heterocycles. The molecule has 2 unspecified atom stereocenters. The fourth-order valence-electron chi connectivity index (χ4n) is 2.74. The topological polar surface area (TPSA) is 35.5 Å². The first-order valence-electron chi connectivity index (χ1n) is 7.89. The lowest BCUT2D eigenvalue weighted by atomic mass is 9.95. The minimum absolute atomic E-state index is 0.255. The number of halogens is 1. The Kier molecular flexibility index (Phi) is 5.91. The van der Waals surface area contributed by atoms with E-state index in [9.17, 15) is 5.11 Å². The lowest BCUT2D eigenvalue weighted by Crippen LogP contribution is -2.43. The van der Waals surface area contributed by atoms with Crippen molar-refractivity contribution in [3.05, 3.63) is 28.8 Å². The molecule has 0 amide bonds. The Hall–Kier alpha value is -0.770. The Morgan fingerprint density at radius 1 is 1.43 bits per heavy atom. The van der Waals surface area contributed by atoms with Crippen molar-refractivity contribution < 1.29 is 5.11 Å². The largest absolute Gasteiger partial charge is 0.391 e. The summed E-state index contributed by atoms with van der Waals surface area (Å²) in [4.78, 5) is 2.27. The molecule has 1 aromatic carbocycles. The third-order valence-corrected chi connectivity index (χ3v) is 4.41. The van der Waals surface area contributed by atoms with Crippen LogP contribution in [0.1, 0.15) is 32.8 Å². The molecular weight excluding hydrogens is 284 g/mol. The van der Waals surface area contributed by atoms with Crippen LogP contribution in [0.15, 0.2) is 18.2 Å². The molecule has 1 saturated heterocycles. The highest BCUT2D eigenvalue weighted by molar-refractivity contribution is 6.30. The van der Waals surface area contributed by atoms with Crippen LogP contribution < -0.4 is 10.2 Å². The van der Waals surface area contributed by atoms with Crippen LogP contribution in [-0.4, -0.2) is 30.8 Å². The molecular formula is C17H27ClN2O. The van der Waals surface area contributed by atoms with Crippen molar-refractivity contribution in [3.63, 3.8) is 0 Å². The maximum Gasteiger partial charge on any atom is 0.0741 e. The van der Waals surface area contributed by atoms with Crippen molar-refractivity contribution in [2.75, 3.05) is 24.5 Å². The molecule has 1 heterocycles. The van der Waals surface area contributed by atoms with Gasteiger partial charge in [-0.05, 0) is 42.5 Å². The molecule has 1 aromatic rings. The predicted octanol–water partition coefficient (Wildman–Crippen LogP) is 3.29. The van der Waals surface area contributed by atoms with Gasteiger partial charge in [0.25, 0.3) is 0 Å². The highest BCUT2D eigenvalue weighted by Gasteiger charge is 2.25. The van der Waals surface area contributed by atoms with E-state index in [-0.39, 0.29) is 6.10 Å². The minimum atomic E-state index is -0.255. The third-order valence-electron chi connectivity index (χ3n) is 4.17. The van der Waals surface area contributed by atoms with E-state index in [0.717, 1.165) is 36.8 Å². The van der Waals surface area contributed by atoms with Crippen LogP contribution in [0.5, 0.6) is 0 Å². The molecule has 0 aliphatic carbocycles. The molecule has 1 fully saturated rings. The molecule has 2 N–H and O–H groups in total. The zero-order valence-corrected chi connectivity index (χ0v) is 14.0. The van der Waals surface area contributed by atoms with Gasteiger partial charge in [0.1, 0.15) is 0 Å². The maximum atomic E-state index is 10.1. The fraction of sp³-hybridized carbons (Fsp3) is 0.647. The Morgan fingerprint density at radius 2 is 2.19 bits per heavy atom. The highest BCUT2D eigenvalue weighted by Crippen LogP contribution is 2.29. The van der Waals surface area contributed by atoms with Crippen molar-refractivity contribution in [3.8, 4) is 0 Å². The first-order valence-corrected chi connectivity index (χ1v) is 8.27. The average Bonchev–Trinajstić information content (AvgIpc) is 2.43. The predicted molar refractivity (Wildman–Crippen MR) is 90.0 cm³/mol. The Morgan fingerprint density at radius 3 is 2.86 bits per heavy atom. The normalized spacial score (nSPS) is 22.9. The molecule has 3 nitrogen and oxygen atoms in total.